The largest absolute Gasteiger partial charge is 0.352 e. The summed E-state index contributed by atoms with van der Waals surface area (Å²) in [5.41, 5.74) is 3.44. The van der Waals surface area contributed by atoms with E-state index in [9.17, 15) is 18.0 Å². The van der Waals surface area contributed by atoms with Crippen molar-refractivity contribution >= 4 is 50.7 Å². The van der Waals surface area contributed by atoms with E-state index in [2.05, 4.69) is 5.32 Å². The second-order valence-electron chi connectivity index (χ2n) is 11.4. The summed E-state index contributed by atoms with van der Waals surface area (Å²) in [5.74, 6) is -0.953. The van der Waals surface area contributed by atoms with Gasteiger partial charge in [0, 0.05) is 34.6 Å². The summed E-state index contributed by atoms with van der Waals surface area (Å²) in [4.78, 5) is 30.0. The number of hydrogen-bond acceptors (Lipinski definition) is 4. The normalized spacial score (nSPS) is 12.7. The molecule has 46 heavy (non-hydrogen) atoms. The third-order valence-corrected chi connectivity index (χ3v) is 10.4. The van der Waals surface area contributed by atoms with Gasteiger partial charge in [-0.1, -0.05) is 102 Å². The molecule has 0 fully saturated rings. The first-order valence-electron chi connectivity index (χ1n) is 15.1. The highest BCUT2D eigenvalue weighted by Gasteiger charge is 2.35. The number of anilines is 1. The van der Waals surface area contributed by atoms with Gasteiger partial charge in [-0.15, -0.1) is 0 Å². The van der Waals surface area contributed by atoms with Crippen LogP contribution in [0.15, 0.2) is 102 Å². The Hall–Kier alpha value is -3.85. The maximum Gasteiger partial charge on any atom is 0.264 e. The Balaban J connectivity index is 1.84. The minimum absolute atomic E-state index is 0.0440. The number of sulfonamides is 1. The molecule has 0 bridgehead atoms. The number of carbonyl (C=O) groups excluding carboxylic acids is 2. The highest BCUT2D eigenvalue weighted by Crippen LogP contribution is 2.29. The highest BCUT2D eigenvalue weighted by atomic mass is 35.5. The van der Waals surface area contributed by atoms with Crippen LogP contribution in [-0.2, 0) is 32.6 Å². The molecule has 0 spiro atoms. The maximum atomic E-state index is 14.6. The van der Waals surface area contributed by atoms with Gasteiger partial charge in [-0.3, -0.25) is 13.9 Å². The highest BCUT2D eigenvalue weighted by molar-refractivity contribution is 7.92. The van der Waals surface area contributed by atoms with Gasteiger partial charge in [-0.05, 0) is 69.2 Å². The van der Waals surface area contributed by atoms with Gasteiger partial charge < -0.3 is 10.2 Å². The Morgan fingerprint density at radius 2 is 1.37 bits per heavy atom. The fourth-order valence-electron chi connectivity index (χ4n) is 4.93. The quantitative estimate of drug-likeness (QED) is 0.160. The fourth-order valence-corrected chi connectivity index (χ4v) is 6.86. The zero-order valence-electron chi connectivity index (χ0n) is 26.4. The van der Waals surface area contributed by atoms with Gasteiger partial charge in [0.1, 0.15) is 12.6 Å². The lowest BCUT2D eigenvalue weighted by Gasteiger charge is -2.34. The predicted molar refractivity (Wildman–Crippen MR) is 186 cm³/mol. The molecular weight excluding hydrogens is 641 g/mol. The number of nitrogens with zero attached hydrogens (tertiary/aromatic N) is 2. The van der Waals surface area contributed by atoms with Crippen LogP contribution >= 0.6 is 23.2 Å². The summed E-state index contributed by atoms with van der Waals surface area (Å²) in [7, 11) is -4.20. The molecule has 0 radical (unpaired) electrons. The summed E-state index contributed by atoms with van der Waals surface area (Å²) < 4.78 is 29.4. The van der Waals surface area contributed by atoms with Crippen molar-refractivity contribution in [3.8, 4) is 0 Å². The Morgan fingerprint density at radius 1 is 0.804 bits per heavy atom. The van der Waals surface area contributed by atoms with Crippen LogP contribution < -0.4 is 9.62 Å². The number of carbonyl (C=O) groups is 2. The summed E-state index contributed by atoms with van der Waals surface area (Å²) in [6.45, 7) is 6.93. The molecule has 1 N–H and O–H groups in total. The predicted octanol–water partition coefficient (Wildman–Crippen LogP) is 7.36. The van der Waals surface area contributed by atoms with Gasteiger partial charge in [-0.25, -0.2) is 8.42 Å². The summed E-state index contributed by atoms with van der Waals surface area (Å²) >= 11 is 13.2. The topological polar surface area (TPSA) is 86.8 Å². The SMILES string of the molecule is CCC(C)NC(=O)C(Cc1ccccc1)N(Cc1c(Cl)cccc1Cl)C(=O)CN(c1ccc(C)cc1)S(=O)(=O)c1ccc(C)cc1. The van der Waals surface area contributed by atoms with Crippen molar-refractivity contribution in [2.75, 3.05) is 10.8 Å². The minimum Gasteiger partial charge on any atom is -0.352 e. The second kappa shape index (κ2) is 15.6. The first-order chi connectivity index (χ1) is 21.9. The lowest BCUT2D eigenvalue weighted by atomic mass is 10.0. The van der Waals surface area contributed by atoms with Crippen molar-refractivity contribution in [2.24, 2.45) is 0 Å². The molecule has 4 aromatic carbocycles. The number of benzene rings is 4. The van der Waals surface area contributed by atoms with Crippen molar-refractivity contribution in [3.63, 3.8) is 0 Å². The number of aryl methyl sites for hydroxylation is 2. The summed E-state index contributed by atoms with van der Waals surface area (Å²) in [5, 5.41) is 3.68. The van der Waals surface area contributed by atoms with E-state index < -0.39 is 28.5 Å². The van der Waals surface area contributed by atoms with Crippen LogP contribution in [0.3, 0.4) is 0 Å². The van der Waals surface area contributed by atoms with Crippen LogP contribution in [0.1, 0.15) is 42.5 Å². The average Bonchev–Trinajstić information content (AvgIpc) is 3.03. The Kier molecular flexibility index (Phi) is 11.9. The van der Waals surface area contributed by atoms with E-state index in [0.717, 1.165) is 21.0 Å². The van der Waals surface area contributed by atoms with Crippen LogP contribution in [0, 0.1) is 13.8 Å². The van der Waals surface area contributed by atoms with Gasteiger partial charge in [0.15, 0.2) is 0 Å². The molecule has 4 aromatic rings. The van der Waals surface area contributed by atoms with E-state index in [-0.39, 0.29) is 29.8 Å². The molecule has 0 aliphatic carbocycles. The standard InChI is InChI=1S/C36H39Cl2N3O4S/c1-5-27(4)39-36(43)34(22-28-10-7-6-8-11-28)40(23-31-32(37)12-9-13-33(31)38)35(42)24-41(29-18-14-25(2)15-19-29)46(44,45)30-20-16-26(3)17-21-30/h6-21,27,34H,5,22-24H2,1-4H3,(H,39,43). The monoisotopic (exact) mass is 679 g/mol. The number of hydrogen-bond donors (Lipinski definition) is 1. The number of amides is 2. The van der Waals surface area contributed by atoms with Crippen molar-refractivity contribution in [1.82, 2.24) is 10.2 Å². The molecule has 0 saturated heterocycles. The lowest BCUT2D eigenvalue weighted by Crippen LogP contribution is -2.54. The number of halogens is 2. The number of rotatable bonds is 13. The smallest absolute Gasteiger partial charge is 0.264 e. The van der Waals surface area contributed by atoms with E-state index >= 15 is 0 Å². The molecule has 0 aliphatic rings. The van der Waals surface area contributed by atoms with Gasteiger partial charge in [-0.2, -0.15) is 0 Å². The van der Waals surface area contributed by atoms with Gasteiger partial charge in [0.05, 0.1) is 10.6 Å². The van der Waals surface area contributed by atoms with Crippen molar-refractivity contribution < 1.29 is 18.0 Å². The van der Waals surface area contributed by atoms with Crippen LogP contribution in [-0.4, -0.2) is 43.8 Å². The molecular formula is C36H39Cl2N3O4S. The minimum atomic E-state index is -4.20. The maximum absolute atomic E-state index is 14.6. The molecule has 2 unspecified atom stereocenters. The third kappa shape index (κ3) is 8.69. The molecule has 4 rings (SSSR count). The van der Waals surface area contributed by atoms with E-state index in [1.807, 2.05) is 58.0 Å². The van der Waals surface area contributed by atoms with E-state index in [1.54, 1.807) is 54.6 Å². The van der Waals surface area contributed by atoms with E-state index in [4.69, 9.17) is 23.2 Å². The van der Waals surface area contributed by atoms with Crippen LogP contribution in [0.2, 0.25) is 10.0 Å². The summed E-state index contributed by atoms with van der Waals surface area (Å²) in [6, 6.07) is 26.6. The molecule has 7 nitrogen and oxygen atoms in total. The molecule has 0 aromatic heterocycles. The van der Waals surface area contributed by atoms with Crippen LogP contribution in [0.5, 0.6) is 0 Å². The van der Waals surface area contributed by atoms with E-state index in [1.165, 1.54) is 17.0 Å². The van der Waals surface area contributed by atoms with Crippen molar-refractivity contribution in [2.45, 2.75) is 64.1 Å². The third-order valence-electron chi connectivity index (χ3n) is 7.87. The van der Waals surface area contributed by atoms with Gasteiger partial charge >= 0.3 is 0 Å². The number of nitrogens with one attached hydrogen (secondary N) is 1. The molecule has 242 valence electrons. The molecule has 0 aliphatic heterocycles. The van der Waals surface area contributed by atoms with Crippen molar-refractivity contribution in [1.29, 1.82) is 0 Å². The Labute approximate surface area is 282 Å². The fraction of sp³-hybridized carbons (Fsp3) is 0.278. The lowest BCUT2D eigenvalue weighted by molar-refractivity contribution is -0.140. The molecule has 0 saturated carbocycles. The zero-order valence-corrected chi connectivity index (χ0v) is 28.7. The first kappa shape index (κ1) is 35.0. The Bertz CT molecular complexity index is 1730. The van der Waals surface area contributed by atoms with Gasteiger partial charge in [0.25, 0.3) is 10.0 Å². The van der Waals surface area contributed by atoms with Crippen molar-refractivity contribution in [3.05, 3.63) is 129 Å². The van der Waals surface area contributed by atoms with Crippen LogP contribution in [0.25, 0.3) is 0 Å². The van der Waals surface area contributed by atoms with E-state index in [0.29, 0.717) is 27.7 Å². The molecule has 0 heterocycles. The second-order valence-corrected chi connectivity index (χ2v) is 14.1. The molecule has 2 atom stereocenters. The molecule has 10 heteroatoms. The van der Waals surface area contributed by atoms with Crippen LogP contribution in [0.4, 0.5) is 5.69 Å². The zero-order chi connectivity index (χ0) is 33.4. The first-order valence-corrected chi connectivity index (χ1v) is 17.3. The average molecular weight is 681 g/mol. The Morgan fingerprint density at radius 3 is 1.93 bits per heavy atom. The van der Waals surface area contributed by atoms with Gasteiger partial charge in [0.2, 0.25) is 11.8 Å². The summed E-state index contributed by atoms with van der Waals surface area (Å²) in [6.07, 6.45) is 0.871. The molecule has 2 amide bonds.